The number of carbonyl (C=O) groups is 2. The average molecular weight is 276 g/mol. The first-order valence-electron chi connectivity index (χ1n) is 7.01. The Kier molecular flexibility index (Phi) is 6.22. The van der Waals surface area contributed by atoms with Crippen molar-refractivity contribution >= 4 is 11.8 Å². The number of nitrogens with one attached hydrogen (secondary N) is 2. The largest absolute Gasteiger partial charge is 0.354 e. The molecule has 1 rings (SSSR count). The van der Waals surface area contributed by atoms with Crippen molar-refractivity contribution in [2.75, 3.05) is 6.54 Å². The Bertz CT molecular complexity index is 469. The van der Waals surface area contributed by atoms with E-state index in [2.05, 4.69) is 29.7 Å². The van der Waals surface area contributed by atoms with Crippen LogP contribution in [0.2, 0.25) is 0 Å². The molecule has 1 aromatic rings. The van der Waals surface area contributed by atoms with E-state index in [1.807, 2.05) is 26.0 Å². The molecule has 0 aliphatic heterocycles. The van der Waals surface area contributed by atoms with E-state index < -0.39 is 6.04 Å². The molecule has 4 heteroatoms. The molecule has 1 aromatic carbocycles. The van der Waals surface area contributed by atoms with Crippen LogP contribution in [-0.2, 0) is 16.0 Å². The van der Waals surface area contributed by atoms with Gasteiger partial charge in [0.1, 0.15) is 6.04 Å². The summed E-state index contributed by atoms with van der Waals surface area (Å²) in [4.78, 5) is 23.2. The maximum absolute atomic E-state index is 12.1. The third-order valence-electron chi connectivity index (χ3n) is 3.26. The standard InChI is InChI=1S/C16H24N2O2/c1-11(2)15(18-13(4)19)16(20)17-10-9-14-8-6-5-7-12(14)3/h5-8,11,15H,9-10H2,1-4H3,(H,17,20)(H,18,19)/t15-/m0/s1. The zero-order chi connectivity index (χ0) is 15.1. The van der Waals surface area contributed by atoms with Gasteiger partial charge in [-0.2, -0.15) is 0 Å². The van der Waals surface area contributed by atoms with Crippen molar-refractivity contribution in [3.63, 3.8) is 0 Å². The lowest BCUT2D eigenvalue weighted by molar-refractivity contribution is -0.129. The molecule has 20 heavy (non-hydrogen) atoms. The van der Waals surface area contributed by atoms with Crippen molar-refractivity contribution in [2.45, 2.75) is 40.2 Å². The summed E-state index contributed by atoms with van der Waals surface area (Å²) in [6.07, 6.45) is 0.795. The number of hydrogen-bond donors (Lipinski definition) is 2. The predicted octanol–water partition coefficient (Wildman–Crippen LogP) is 1.81. The molecular weight excluding hydrogens is 252 g/mol. The minimum absolute atomic E-state index is 0.0670. The van der Waals surface area contributed by atoms with Crippen molar-refractivity contribution < 1.29 is 9.59 Å². The molecule has 0 saturated carbocycles. The predicted molar refractivity (Wildman–Crippen MR) is 80.3 cm³/mol. The van der Waals surface area contributed by atoms with Crippen LogP contribution in [0.1, 0.15) is 31.9 Å². The zero-order valence-electron chi connectivity index (χ0n) is 12.7. The zero-order valence-corrected chi connectivity index (χ0v) is 12.7. The fraction of sp³-hybridized carbons (Fsp3) is 0.500. The smallest absolute Gasteiger partial charge is 0.242 e. The topological polar surface area (TPSA) is 58.2 Å². The van der Waals surface area contributed by atoms with Gasteiger partial charge in [-0.1, -0.05) is 38.1 Å². The summed E-state index contributed by atoms with van der Waals surface area (Å²) in [6.45, 7) is 7.90. The Morgan fingerprint density at radius 2 is 1.85 bits per heavy atom. The third-order valence-corrected chi connectivity index (χ3v) is 3.26. The number of aryl methyl sites for hydroxylation is 1. The van der Waals surface area contributed by atoms with E-state index in [1.165, 1.54) is 18.1 Å². The maximum atomic E-state index is 12.1. The molecule has 0 unspecified atom stereocenters. The molecule has 0 saturated heterocycles. The summed E-state index contributed by atoms with van der Waals surface area (Å²) in [5.41, 5.74) is 2.46. The molecule has 0 aliphatic rings. The van der Waals surface area contributed by atoms with Crippen molar-refractivity contribution in [2.24, 2.45) is 5.92 Å². The van der Waals surface area contributed by atoms with E-state index >= 15 is 0 Å². The summed E-state index contributed by atoms with van der Waals surface area (Å²) in [7, 11) is 0. The SMILES string of the molecule is CC(=O)N[C@H](C(=O)NCCc1ccccc1C)C(C)C. The maximum Gasteiger partial charge on any atom is 0.242 e. The minimum atomic E-state index is -0.468. The fourth-order valence-corrected chi connectivity index (χ4v) is 2.07. The van der Waals surface area contributed by atoms with Gasteiger partial charge in [-0.15, -0.1) is 0 Å². The number of rotatable bonds is 6. The molecule has 0 fully saturated rings. The third kappa shape index (κ3) is 5.03. The molecule has 0 aliphatic carbocycles. The van der Waals surface area contributed by atoms with E-state index in [9.17, 15) is 9.59 Å². The lowest BCUT2D eigenvalue weighted by atomic mass is 10.0. The monoisotopic (exact) mass is 276 g/mol. The van der Waals surface area contributed by atoms with Crippen molar-refractivity contribution in [1.29, 1.82) is 0 Å². The van der Waals surface area contributed by atoms with E-state index in [0.717, 1.165) is 6.42 Å². The Balaban J connectivity index is 2.49. The second-order valence-corrected chi connectivity index (χ2v) is 5.39. The van der Waals surface area contributed by atoms with Gasteiger partial charge in [0.15, 0.2) is 0 Å². The highest BCUT2D eigenvalue weighted by Crippen LogP contribution is 2.07. The first-order chi connectivity index (χ1) is 9.41. The van der Waals surface area contributed by atoms with E-state index in [1.54, 1.807) is 0 Å². The Labute approximate surface area is 121 Å². The molecule has 0 heterocycles. The first-order valence-corrected chi connectivity index (χ1v) is 7.01. The summed E-state index contributed by atoms with van der Waals surface area (Å²) >= 11 is 0. The lowest BCUT2D eigenvalue weighted by Gasteiger charge is -2.21. The first kappa shape index (κ1) is 16.2. The average Bonchev–Trinajstić information content (AvgIpc) is 2.37. The van der Waals surface area contributed by atoms with Gasteiger partial charge in [-0.25, -0.2) is 0 Å². The molecule has 0 bridgehead atoms. The lowest BCUT2D eigenvalue weighted by Crippen LogP contribution is -2.49. The van der Waals surface area contributed by atoms with Gasteiger partial charge in [0.2, 0.25) is 11.8 Å². The molecule has 2 amide bonds. The molecule has 4 nitrogen and oxygen atoms in total. The highest BCUT2D eigenvalue weighted by atomic mass is 16.2. The van der Waals surface area contributed by atoms with Gasteiger partial charge in [-0.3, -0.25) is 9.59 Å². The number of amides is 2. The molecule has 0 spiro atoms. The van der Waals surface area contributed by atoms with E-state index in [4.69, 9.17) is 0 Å². The summed E-state index contributed by atoms with van der Waals surface area (Å²) in [6, 6.07) is 7.66. The van der Waals surface area contributed by atoms with Crippen molar-refractivity contribution in [3.8, 4) is 0 Å². The van der Waals surface area contributed by atoms with Gasteiger partial charge < -0.3 is 10.6 Å². The van der Waals surface area contributed by atoms with Crippen LogP contribution in [0.5, 0.6) is 0 Å². The Hall–Kier alpha value is -1.84. The molecule has 110 valence electrons. The number of benzene rings is 1. The van der Waals surface area contributed by atoms with Gasteiger partial charge in [0.05, 0.1) is 0 Å². The van der Waals surface area contributed by atoms with Crippen LogP contribution in [0.4, 0.5) is 0 Å². The van der Waals surface area contributed by atoms with Crippen LogP contribution in [0.15, 0.2) is 24.3 Å². The normalized spacial score (nSPS) is 12.1. The van der Waals surface area contributed by atoms with E-state index in [-0.39, 0.29) is 17.7 Å². The van der Waals surface area contributed by atoms with Crippen LogP contribution in [0.3, 0.4) is 0 Å². The second kappa shape index (κ2) is 7.68. The summed E-state index contributed by atoms with van der Waals surface area (Å²) < 4.78 is 0. The van der Waals surface area contributed by atoms with Gasteiger partial charge in [0.25, 0.3) is 0 Å². The molecule has 2 N–H and O–H groups in total. The quantitative estimate of drug-likeness (QED) is 0.832. The Morgan fingerprint density at radius 3 is 2.40 bits per heavy atom. The minimum Gasteiger partial charge on any atom is -0.354 e. The van der Waals surface area contributed by atoms with Crippen LogP contribution in [0.25, 0.3) is 0 Å². The summed E-state index contributed by atoms with van der Waals surface area (Å²) in [5.74, 6) is -0.237. The fourth-order valence-electron chi connectivity index (χ4n) is 2.07. The van der Waals surface area contributed by atoms with Gasteiger partial charge in [0, 0.05) is 13.5 Å². The van der Waals surface area contributed by atoms with E-state index in [0.29, 0.717) is 6.54 Å². The molecule has 1 atom stereocenters. The molecule has 0 radical (unpaired) electrons. The van der Waals surface area contributed by atoms with Crippen LogP contribution < -0.4 is 10.6 Å². The summed E-state index contributed by atoms with van der Waals surface area (Å²) in [5, 5.41) is 5.58. The number of carbonyl (C=O) groups excluding carboxylic acids is 2. The van der Waals surface area contributed by atoms with Crippen molar-refractivity contribution in [3.05, 3.63) is 35.4 Å². The van der Waals surface area contributed by atoms with Gasteiger partial charge in [-0.05, 0) is 30.4 Å². The Morgan fingerprint density at radius 1 is 1.20 bits per heavy atom. The number of hydrogen-bond acceptors (Lipinski definition) is 2. The molecule has 0 aromatic heterocycles. The van der Waals surface area contributed by atoms with Gasteiger partial charge >= 0.3 is 0 Å². The van der Waals surface area contributed by atoms with Crippen LogP contribution >= 0.6 is 0 Å². The van der Waals surface area contributed by atoms with Crippen LogP contribution in [-0.4, -0.2) is 24.4 Å². The second-order valence-electron chi connectivity index (χ2n) is 5.39. The highest BCUT2D eigenvalue weighted by Gasteiger charge is 2.22. The highest BCUT2D eigenvalue weighted by molar-refractivity contribution is 5.87. The van der Waals surface area contributed by atoms with Crippen LogP contribution in [0, 0.1) is 12.8 Å². The van der Waals surface area contributed by atoms with Crippen molar-refractivity contribution in [1.82, 2.24) is 10.6 Å². The molecular formula is C16H24N2O2.